The van der Waals surface area contributed by atoms with E-state index in [1.54, 1.807) is 0 Å². The van der Waals surface area contributed by atoms with Crippen LogP contribution in [-0.2, 0) is 9.53 Å². The Balaban J connectivity index is 2.50. The van der Waals surface area contributed by atoms with E-state index in [1.807, 2.05) is 12.2 Å². The van der Waals surface area contributed by atoms with Crippen LogP contribution < -0.4 is 0 Å². The Labute approximate surface area is 72.0 Å². The van der Waals surface area contributed by atoms with Crippen molar-refractivity contribution < 1.29 is 14.6 Å². The number of hydrogen-bond acceptors (Lipinski definition) is 3. The van der Waals surface area contributed by atoms with Crippen LogP contribution in [0.25, 0.3) is 0 Å². The molecule has 2 atom stereocenters. The molecule has 0 aromatic heterocycles. The average molecular weight is 170 g/mol. The molecule has 1 aliphatic rings. The van der Waals surface area contributed by atoms with Gasteiger partial charge in [0.15, 0.2) is 6.10 Å². The summed E-state index contributed by atoms with van der Waals surface area (Å²) >= 11 is 0. The SMILES string of the molecule is COC(=O)[C@@H](O)[C@H]1C=CCCC1. The molecule has 0 aromatic carbocycles. The van der Waals surface area contributed by atoms with Gasteiger partial charge in [0.05, 0.1) is 7.11 Å². The number of methoxy groups -OCH3 is 1. The number of aliphatic hydroxyl groups is 1. The third-order valence-corrected chi connectivity index (χ3v) is 2.14. The number of carbonyl (C=O) groups excluding carboxylic acids is 1. The van der Waals surface area contributed by atoms with Crippen LogP contribution in [0.1, 0.15) is 19.3 Å². The van der Waals surface area contributed by atoms with Crippen molar-refractivity contribution in [2.45, 2.75) is 25.4 Å². The summed E-state index contributed by atoms with van der Waals surface area (Å²) in [6.07, 6.45) is 5.86. The predicted octanol–water partition coefficient (Wildman–Crippen LogP) is 0.877. The van der Waals surface area contributed by atoms with E-state index >= 15 is 0 Å². The van der Waals surface area contributed by atoms with Crippen LogP contribution in [0.5, 0.6) is 0 Å². The summed E-state index contributed by atoms with van der Waals surface area (Å²) in [5, 5.41) is 9.42. The highest BCUT2D eigenvalue weighted by Crippen LogP contribution is 2.20. The van der Waals surface area contributed by atoms with Crippen LogP contribution in [0.2, 0.25) is 0 Å². The standard InChI is InChI=1S/C9H14O3/c1-12-9(11)8(10)7-5-3-2-4-6-7/h3,5,7-8,10H,2,4,6H2,1H3/t7-,8-/m0/s1. The third-order valence-electron chi connectivity index (χ3n) is 2.14. The van der Waals surface area contributed by atoms with Crippen LogP contribution >= 0.6 is 0 Å². The second-order valence-electron chi connectivity index (χ2n) is 2.99. The van der Waals surface area contributed by atoms with Crippen molar-refractivity contribution in [2.75, 3.05) is 7.11 Å². The molecule has 1 aliphatic carbocycles. The Morgan fingerprint density at radius 3 is 3.00 bits per heavy atom. The van der Waals surface area contributed by atoms with Crippen molar-refractivity contribution in [3.63, 3.8) is 0 Å². The molecule has 0 aromatic rings. The van der Waals surface area contributed by atoms with Gasteiger partial charge in [-0.2, -0.15) is 0 Å². The lowest BCUT2D eigenvalue weighted by atomic mass is 9.91. The van der Waals surface area contributed by atoms with Crippen LogP contribution in [0.15, 0.2) is 12.2 Å². The molecule has 3 nitrogen and oxygen atoms in total. The largest absolute Gasteiger partial charge is 0.467 e. The van der Waals surface area contributed by atoms with E-state index in [9.17, 15) is 9.90 Å². The van der Waals surface area contributed by atoms with Gasteiger partial charge in [-0.15, -0.1) is 0 Å². The fourth-order valence-corrected chi connectivity index (χ4v) is 1.40. The van der Waals surface area contributed by atoms with Gasteiger partial charge in [-0.05, 0) is 19.3 Å². The molecule has 0 saturated heterocycles. The fraction of sp³-hybridized carbons (Fsp3) is 0.667. The first kappa shape index (κ1) is 9.26. The zero-order valence-electron chi connectivity index (χ0n) is 7.19. The second-order valence-corrected chi connectivity index (χ2v) is 2.99. The Morgan fingerprint density at radius 2 is 2.50 bits per heavy atom. The number of rotatable bonds is 2. The molecule has 0 fully saturated rings. The van der Waals surface area contributed by atoms with Gasteiger partial charge in [-0.1, -0.05) is 12.2 Å². The summed E-state index contributed by atoms with van der Waals surface area (Å²) in [6.45, 7) is 0. The summed E-state index contributed by atoms with van der Waals surface area (Å²) < 4.78 is 4.44. The monoisotopic (exact) mass is 170 g/mol. The Bertz CT molecular complexity index is 186. The molecular formula is C9H14O3. The first-order valence-electron chi connectivity index (χ1n) is 4.18. The van der Waals surface area contributed by atoms with Crippen molar-refractivity contribution in [3.8, 4) is 0 Å². The van der Waals surface area contributed by atoms with E-state index in [2.05, 4.69) is 4.74 Å². The van der Waals surface area contributed by atoms with Crippen LogP contribution in [0.3, 0.4) is 0 Å². The van der Waals surface area contributed by atoms with E-state index in [1.165, 1.54) is 7.11 Å². The highest BCUT2D eigenvalue weighted by molar-refractivity contribution is 5.74. The molecule has 0 aliphatic heterocycles. The number of ether oxygens (including phenoxy) is 1. The van der Waals surface area contributed by atoms with Crippen LogP contribution in [0.4, 0.5) is 0 Å². The Morgan fingerprint density at radius 1 is 1.75 bits per heavy atom. The molecule has 1 rings (SSSR count). The number of esters is 1. The number of allylic oxidation sites excluding steroid dienone is 1. The van der Waals surface area contributed by atoms with Crippen molar-refractivity contribution in [1.29, 1.82) is 0 Å². The summed E-state index contributed by atoms with van der Waals surface area (Å²) in [5.41, 5.74) is 0. The van der Waals surface area contributed by atoms with Gasteiger partial charge in [-0.3, -0.25) is 0 Å². The van der Waals surface area contributed by atoms with Gasteiger partial charge in [0, 0.05) is 5.92 Å². The van der Waals surface area contributed by atoms with Crippen molar-refractivity contribution in [3.05, 3.63) is 12.2 Å². The third kappa shape index (κ3) is 2.08. The molecule has 0 saturated carbocycles. The summed E-state index contributed by atoms with van der Waals surface area (Å²) in [5.74, 6) is -0.585. The van der Waals surface area contributed by atoms with E-state index in [-0.39, 0.29) is 5.92 Å². The molecule has 0 unspecified atom stereocenters. The highest BCUT2D eigenvalue weighted by atomic mass is 16.5. The molecule has 12 heavy (non-hydrogen) atoms. The van der Waals surface area contributed by atoms with Gasteiger partial charge < -0.3 is 9.84 Å². The number of carbonyl (C=O) groups is 1. The molecule has 0 spiro atoms. The van der Waals surface area contributed by atoms with Crippen LogP contribution in [-0.4, -0.2) is 24.3 Å². The zero-order valence-corrected chi connectivity index (χ0v) is 7.19. The van der Waals surface area contributed by atoms with Gasteiger partial charge in [0.1, 0.15) is 0 Å². The quantitative estimate of drug-likeness (QED) is 0.494. The first-order valence-corrected chi connectivity index (χ1v) is 4.18. The minimum Gasteiger partial charge on any atom is -0.467 e. The summed E-state index contributed by atoms with van der Waals surface area (Å²) in [7, 11) is 1.29. The highest BCUT2D eigenvalue weighted by Gasteiger charge is 2.25. The van der Waals surface area contributed by atoms with Crippen LogP contribution in [0, 0.1) is 5.92 Å². The molecule has 68 valence electrons. The topological polar surface area (TPSA) is 46.5 Å². The molecule has 3 heteroatoms. The Kier molecular flexibility index (Phi) is 3.29. The molecule has 0 bridgehead atoms. The van der Waals surface area contributed by atoms with E-state index in [4.69, 9.17) is 0 Å². The van der Waals surface area contributed by atoms with E-state index < -0.39 is 12.1 Å². The van der Waals surface area contributed by atoms with Gasteiger partial charge in [0.25, 0.3) is 0 Å². The van der Waals surface area contributed by atoms with E-state index in [0.717, 1.165) is 19.3 Å². The number of aliphatic hydroxyl groups excluding tert-OH is 1. The van der Waals surface area contributed by atoms with Gasteiger partial charge in [-0.25, -0.2) is 4.79 Å². The average Bonchev–Trinajstić information content (AvgIpc) is 2.17. The van der Waals surface area contributed by atoms with Gasteiger partial charge in [0.2, 0.25) is 0 Å². The molecule has 0 amide bonds. The second kappa shape index (κ2) is 4.26. The maximum atomic E-state index is 10.9. The lowest BCUT2D eigenvalue weighted by Gasteiger charge is -2.19. The van der Waals surface area contributed by atoms with Crippen molar-refractivity contribution in [1.82, 2.24) is 0 Å². The maximum absolute atomic E-state index is 10.9. The Hall–Kier alpha value is -0.830. The summed E-state index contributed by atoms with van der Waals surface area (Å²) in [4.78, 5) is 10.9. The van der Waals surface area contributed by atoms with Crippen molar-refractivity contribution >= 4 is 5.97 Å². The fourth-order valence-electron chi connectivity index (χ4n) is 1.40. The lowest BCUT2D eigenvalue weighted by molar-refractivity contribution is -0.152. The number of hydrogen-bond donors (Lipinski definition) is 1. The predicted molar refractivity (Wildman–Crippen MR) is 44.5 cm³/mol. The molecule has 1 N–H and O–H groups in total. The molecular weight excluding hydrogens is 156 g/mol. The normalized spacial score (nSPS) is 25.0. The van der Waals surface area contributed by atoms with Crippen molar-refractivity contribution in [2.24, 2.45) is 5.92 Å². The minimum absolute atomic E-state index is 0.0498. The first-order chi connectivity index (χ1) is 5.75. The lowest BCUT2D eigenvalue weighted by Crippen LogP contribution is -2.30. The molecule has 0 radical (unpaired) electrons. The molecule has 0 heterocycles. The zero-order chi connectivity index (χ0) is 8.97. The smallest absolute Gasteiger partial charge is 0.335 e. The minimum atomic E-state index is -0.980. The maximum Gasteiger partial charge on any atom is 0.335 e. The van der Waals surface area contributed by atoms with E-state index in [0.29, 0.717) is 0 Å². The van der Waals surface area contributed by atoms with Gasteiger partial charge >= 0.3 is 5.97 Å². The summed E-state index contributed by atoms with van der Waals surface area (Å²) in [6, 6.07) is 0.